The molecule has 0 spiro atoms. The number of para-hydroxylation sites is 1. The number of benzene rings is 1. The van der Waals surface area contributed by atoms with Crippen LogP contribution >= 0.6 is 0 Å². The highest BCUT2D eigenvalue weighted by Crippen LogP contribution is 2.27. The Labute approximate surface area is 112 Å². The second kappa shape index (κ2) is 6.54. The van der Waals surface area contributed by atoms with E-state index in [-0.39, 0.29) is 12.5 Å². The fraction of sp³-hybridized carbons (Fsp3) is 0.500. The van der Waals surface area contributed by atoms with Crippen molar-refractivity contribution >= 4 is 5.91 Å². The Morgan fingerprint density at radius 2 is 2.37 bits per heavy atom. The Bertz CT molecular complexity index is 410. The van der Waals surface area contributed by atoms with E-state index in [0.29, 0.717) is 19.4 Å². The molecule has 0 bridgehead atoms. The van der Waals surface area contributed by atoms with Gasteiger partial charge in [0.2, 0.25) is 0 Å². The zero-order chi connectivity index (χ0) is 13.7. The first-order valence-corrected chi connectivity index (χ1v) is 6.40. The Hall–Kier alpha value is -1.59. The molecule has 2 unspecified atom stereocenters. The molecular weight excluding hydrogens is 246 g/mol. The number of fused-ring (bicyclic) bond motifs is 1. The van der Waals surface area contributed by atoms with Crippen LogP contribution in [-0.4, -0.2) is 43.5 Å². The average Bonchev–Trinajstić information content (AvgIpc) is 2.82. The normalized spacial score (nSPS) is 18.5. The molecule has 1 aromatic rings. The minimum absolute atomic E-state index is 0.138. The van der Waals surface area contributed by atoms with Gasteiger partial charge in [0.1, 0.15) is 5.75 Å². The average molecular weight is 265 g/mol. The first-order chi connectivity index (χ1) is 9.20. The summed E-state index contributed by atoms with van der Waals surface area (Å²) in [5.41, 5.74) is 1.06. The van der Waals surface area contributed by atoms with E-state index in [9.17, 15) is 9.90 Å². The third kappa shape index (κ3) is 3.68. The first-order valence-electron chi connectivity index (χ1n) is 6.40. The zero-order valence-electron chi connectivity index (χ0n) is 11.0. The molecule has 0 fully saturated rings. The predicted molar refractivity (Wildman–Crippen MR) is 70.1 cm³/mol. The van der Waals surface area contributed by atoms with Crippen LogP contribution in [0.15, 0.2) is 24.3 Å². The van der Waals surface area contributed by atoms with E-state index < -0.39 is 12.2 Å². The van der Waals surface area contributed by atoms with Gasteiger partial charge >= 0.3 is 0 Å². The number of ether oxygens (including phenoxy) is 2. The molecule has 1 aliphatic rings. The summed E-state index contributed by atoms with van der Waals surface area (Å²) in [6, 6.07) is 7.65. The lowest BCUT2D eigenvalue weighted by molar-refractivity contribution is -0.127. The molecule has 1 aromatic carbocycles. The monoisotopic (exact) mass is 265 g/mol. The molecule has 0 aliphatic carbocycles. The number of amides is 1. The number of hydrogen-bond acceptors (Lipinski definition) is 4. The van der Waals surface area contributed by atoms with E-state index in [0.717, 1.165) is 11.3 Å². The highest BCUT2D eigenvalue weighted by atomic mass is 16.5. The lowest BCUT2D eigenvalue weighted by Crippen LogP contribution is -2.39. The molecular formula is C14H19NO4. The smallest absolute Gasteiger partial charge is 0.261 e. The molecule has 1 aliphatic heterocycles. The minimum atomic E-state index is -0.549. The van der Waals surface area contributed by atoms with Gasteiger partial charge in [0.15, 0.2) is 6.10 Å². The summed E-state index contributed by atoms with van der Waals surface area (Å²) in [4.78, 5) is 11.9. The van der Waals surface area contributed by atoms with Gasteiger partial charge in [-0.05, 0) is 18.1 Å². The fourth-order valence-corrected chi connectivity index (χ4v) is 2.08. The molecule has 2 atom stereocenters. The van der Waals surface area contributed by atoms with Crippen LogP contribution in [0, 0.1) is 0 Å². The molecule has 19 heavy (non-hydrogen) atoms. The highest BCUT2D eigenvalue weighted by molar-refractivity contribution is 5.82. The van der Waals surface area contributed by atoms with Crippen molar-refractivity contribution in [2.24, 2.45) is 0 Å². The summed E-state index contributed by atoms with van der Waals surface area (Å²) in [5, 5.41) is 12.2. The van der Waals surface area contributed by atoms with Crippen molar-refractivity contribution in [2.45, 2.75) is 25.0 Å². The zero-order valence-corrected chi connectivity index (χ0v) is 11.0. The molecule has 104 valence electrons. The van der Waals surface area contributed by atoms with Crippen LogP contribution < -0.4 is 10.1 Å². The number of carbonyl (C=O) groups is 1. The summed E-state index contributed by atoms with van der Waals surface area (Å²) in [6.07, 6.45) is 0.0611. The van der Waals surface area contributed by atoms with Crippen molar-refractivity contribution in [1.82, 2.24) is 5.32 Å². The molecule has 1 heterocycles. The molecule has 2 rings (SSSR count). The van der Waals surface area contributed by atoms with Crippen molar-refractivity contribution in [2.75, 3.05) is 20.3 Å². The number of rotatable bonds is 6. The molecule has 2 N–H and O–H groups in total. The van der Waals surface area contributed by atoms with Crippen molar-refractivity contribution < 1.29 is 19.4 Å². The van der Waals surface area contributed by atoms with Crippen molar-refractivity contribution in [3.05, 3.63) is 29.8 Å². The van der Waals surface area contributed by atoms with Gasteiger partial charge in [-0.3, -0.25) is 4.79 Å². The maximum atomic E-state index is 11.9. The summed E-state index contributed by atoms with van der Waals surface area (Å²) in [7, 11) is 1.53. The summed E-state index contributed by atoms with van der Waals surface area (Å²) < 4.78 is 10.4. The Kier molecular flexibility index (Phi) is 4.76. The molecule has 5 heteroatoms. The number of aliphatic hydroxyl groups excluding tert-OH is 1. The molecule has 0 radical (unpaired) electrons. The molecule has 5 nitrogen and oxygen atoms in total. The fourth-order valence-electron chi connectivity index (χ4n) is 2.08. The van der Waals surface area contributed by atoms with Crippen LogP contribution in [0.4, 0.5) is 0 Å². The number of nitrogens with one attached hydrogen (secondary N) is 1. The molecule has 0 saturated heterocycles. The van der Waals surface area contributed by atoms with E-state index in [1.807, 2.05) is 24.3 Å². The quantitative estimate of drug-likeness (QED) is 0.786. The SMILES string of the molecule is COCC(O)CCNC(=O)C1Cc2ccccc2O1. The van der Waals surface area contributed by atoms with Crippen molar-refractivity contribution in [1.29, 1.82) is 0 Å². The third-order valence-corrected chi connectivity index (χ3v) is 3.08. The molecule has 0 aromatic heterocycles. The van der Waals surface area contributed by atoms with Crippen LogP contribution in [0.2, 0.25) is 0 Å². The van der Waals surface area contributed by atoms with Crippen LogP contribution in [0.3, 0.4) is 0 Å². The van der Waals surface area contributed by atoms with E-state index in [2.05, 4.69) is 5.32 Å². The second-order valence-electron chi connectivity index (χ2n) is 4.61. The lowest BCUT2D eigenvalue weighted by atomic mass is 10.1. The Balaban J connectivity index is 1.74. The maximum absolute atomic E-state index is 11.9. The van der Waals surface area contributed by atoms with Gasteiger partial charge in [-0.2, -0.15) is 0 Å². The summed E-state index contributed by atoms with van der Waals surface area (Å²) >= 11 is 0. The number of carbonyl (C=O) groups excluding carboxylic acids is 1. The van der Waals surface area contributed by atoms with Crippen LogP contribution in [0.5, 0.6) is 5.75 Å². The van der Waals surface area contributed by atoms with Crippen LogP contribution in [-0.2, 0) is 16.0 Å². The largest absolute Gasteiger partial charge is 0.480 e. The molecule has 1 amide bonds. The number of methoxy groups -OCH3 is 1. The number of aliphatic hydroxyl groups is 1. The topological polar surface area (TPSA) is 67.8 Å². The molecule has 0 saturated carbocycles. The van der Waals surface area contributed by atoms with Crippen LogP contribution in [0.1, 0.15) is 12.0 Å². The standard InChI is InChI=1S/C14H19NO4/c1-18-9-11(16)6-7-15-14(17)13-8-10-4-2-3-5-12(10)19-13/h2-5,11,13,16H,6-9H2,1H3,(H,15,17). The van der Waals surface area contributed by atoms with Crippen LogP contribution in [0.25, 0.3) is 0 Å². The van der Waals surface area contributed by atoms with Gasteiger partial charge in [-0.1, -0.05) is 18.2 Å². The van der Waals surface area contributed by atoms with E-state index >= 15 is 0 Å². The maximum Gasteiger partial charge on any atom is 0.261 e. The van der Waals surface area contributed by atoms with Gasteiger partial charge in [0.05, 0.1) is 12.7 Å². The van der Waals surface area contributed by atoms with Gasteiger partial charge in [-0.15, -0.1) is 0 Å². The minimum Gasteiger partial charge on any atom is -0.480 e. The van der Waals surface area contributed by atoms with Crippen molar-refractivity contribution in [3.8, 4) is 5.75 Å². The third-order valence-electron chi connectivity index (χ3n) is 3.08. The first kappa shape index (κ1) is 13.8. The van der Waals surface area contributed by atoms with E-state index in [1.54, 1.807) is 0 Å². The predicted octanol–water partition coefficient (Wildman–Crippen LogP) is 0.504. The Morgan fingerprint density at radius 1 is 1.58 bits per heavy atom. The van der Waals surface area contributed by atoms with E-state index in [1.165, 1.54) is 7.11 Å². The lowest BCUT2D eigenvalue weighted by Gasteiger charge is -2.13. The summed E-state index contributed by atoms with van der Waals surface area (Å²) in [5.74, 6) is 0.642. The van der Waals surface area contributed by atoms with Gasteiger partial charge < -0.3 is 19.9 Å². The van der Waals surface area contributed by atoms with E-state index in [4.69, 9.17) is 9.47 Å². The van der Waals surface area contributed by atoms with Gasteiger partial charge in [-0.25, -0.2) is 0 Å². The highest BCUT2D eigenvalue weighted by Gasteiger charge is 2.28. The van der Waals surface area contributed by atoms with Gasteiger partial charge in [0, 0.05) is 20.1 Å². The van der Waals surface area contributed by atoms with Gasteiger partial charge in [0.25, 0.3) is 5.91 Å². The summed E-state index contributed by atoms with van der Waals surface area (Å²) in [6.45, 7) is 0.695. The second-order valence-corrected chi connectivity index (χ2v) is 4.61. The number of hydrogen-bond donors (Lipinski definition) is 2. The Morgan fingerprint density at radius 3 is 3.11 bits per heavy atom. The van der Waals surface area contributed by atoms with Crippen molar-refractivity contribution in [3.63, 3.8) is 0 Å².